The van der Waals surface area contributed by atoms with Crippen molar-refractivity contribution >= 4 is 5.91 Å². The van der Waals surface area contributed by atoms with Crippen molar-refractivity contribution in [2.75, 3.05) is 6.61 Å². The van der Waals surface area contributed by atoms with Gasteiger partial charge in [-0.1, -0.05) is 167 Å². The predicted octanol–water partition coefficient (Wildman–Crippen LogP) is 10.7. The molecule has 0 heterocycles. The van der Waals surface area contributed by atoms with Gasteiger partial charge in [0, 0.05) is 6.42 Å². The first kappa shape index (κ1) is 40.1. The van der Waals surface area contributed by atoms with Crippen LogP contribution in [-0.2, 0) is 4.79 Å². The zero-order valence-corrected chi connectivity index (χ0v) is 27.8. The van der Waals surface area contributed by atoms with Gasteiger partial charge in [-0.2, -0.15) is 0 Å². The van der Waals surface area contributed by atoms with Crippen LogP contribution in [0.1, 0.15) is 200 Å². The minimum atomic E-state index is -0.652. The molecule has 0 spiro atoms. The Bertz CT molecular complexity index is 550. The largest absolute Gasteiger partial charge is 0.394 e. The Kier molecular flexibility index (Phi) is 32.9. The Hall–Kier alpha value is -0.870. The number of hydrogen-bond donors (Lipinski definition) is 3. The lowest BCUT2D eigenvalue weighted by molar-refractivity contribution is -0.123. The minimum Gasteiger partial charge on any atom is -0.394 e. The molecule has 2 atom stereocenters. The van der Waals surface area contributed by atoms with Crippen LogP contribution in [0.4, 0.5) is 0 Å². The molecule has 1 amide bonds. The molecule has 0 bridgehead atoms. The van der Waals surface area contributed by atoms with E-state index in [4.69, 9.17) is 0 Å². The summed E-state index contributed by atoms with van der Waals surface area (Å²) in [5.74, 6) is -0.0370. The van der Waals surface area contributed by atoms with Crippen LogP contribution < -0.4 is 5.32 Å². The third kappa shape index (κ3) is 30.4. The molecule has 41 heavy (non-hydrogen) atoms. The molecule has 2 unspecified atom stereocenters. The molecule has 0 aliphatic rings. The number of aliphatic hydroxyl groups excluding tert-OH is 2. The molecular weight excluding hydrogens is 506 g/mol. The number of amides is 1. The average molecular weight is 580 g/mol. The van der Waals surface area contributed by atoms with Crippen molar-refractivity contribution in [2.24, 2.45) is 0 Å². The number of unbranched alkanes of at least 4 members (excludes halogenated alkanes) is 24. The van der Waals surface area contributed by atoms with E-state index in [9.17, 15) is 15.0 Å². The summed E-state index contributed by atoms with van der Waals surface area (Å²) in [7, 11) is 0. The topological polar surface area (TPSA) is 69.6 Å². The molecule has 0 saturated heterocycles. The maximum atomic E-state index is 12.2. The maximum absolute atomic E-state index is 12.2. The Labute approximate surface area is 256 Å². The van der Waals surface area contributed by atoms with Crippen LogP contribution in [0.3, 0.4) is 0 Å². The summed E-state index contributed by atoms with van der Waals surface area (Å²) in [6.07, 6.45) is 40.1. The van der Waals surface area contributed by atoms with Gasteiger partial charge in [0.15, 0.2) is 0 Å². The number of allylic oxidation sites excluding steroid dienone is 2. The van der Waals surface area contributed by atoms with Crippen LogP contribution in [0.2, 0.25) is 0 Å². The third-order valence-corrected chi connectivity index (χ3v) is 8.53. The third-order valence-electron chi connectivity index (χ3n) is 8.53. The fraction of sp³-hybridized carbons (Fsp3) is 0.919. The van der Waals surface area contributed by atoms with Crippen LogP contribution in [0.25, 0.3) is 0 Å². The first-order valence-corrected chi connectivity index (χ1v) is 18.4. The van der Waals surface area contributed by atoms with E-state index in [1.165, 1.54) is 148 Å². The molecule has 3 N–H and O–H groups in total. The van der Waals surface area contributed by atoms with Gasteiger partial charge in [0.2, 0.25) is 5.91 Å². The predicted molar refractivity (Wildman–Crippen MR) is 179 cm³/mol. The highest BCUT2D eigenvalue weighted by molar-refractivity contribution is 5.76. The standard InChI is InChI=1S/C37H73NO3/c1-3-5-7-9-11-12-13-14-15-16-17-18-19-20-21-22-23-24-25-26-27-29-31-33-37(41)38-35(34-39)36(40)32-30-28-10-8-6-4-2/h16-17,35-36,39-40H,3-15,18-34H2,1-2H3,(H,38,41)/b17-16-. The summed E-state index contributed by atoms with van der Waals surface area (Å²) in [5.41, 5.74) is 0. The Morgan fingerprint density at radius 3 is 1.34 bits per heavy atom. The van der Waals surface area contributed by atoms with E-state index in [0.717, 1.165) is 25.7 Å². The first-order valence-electron chi connectivity index (χ1n) is 18.4. The van der Waals surface area contributed by atoms with E-state index in [2.05, 4.69) is 31.3 Å². The van der Waals surface area contributed by atoms with E-state index in [1.54, 1.807) is 0 Å². The van der Waals surface area contributed by atoms with Crippen molar-refractivity contribution in [2.45, 2.75) is 212 Å². The number of hydrogen-bond acceptors (Lipinski definition) is 3. The Morgan fingerprint density at radius 1 is 0.561 bits per heavy atom. The average Bonchev–Trinajstić information content (AvgIpc) is 2.97. The molecule has 0 aromatic rings. The molecule has 0 aromatic carbocycles. The molecule has 0 radical (unpaired) electrons. The SMILES string of the molecule is CCCCCCCCCC/C=C\CCCCCCCCCCCCCC(=O)NC(CO)C(O)CCCCCCCC. The molecule has 4 nitrogen and oxygen atoms in total. The van der Waals surface area contributed by atoms with E-state index in [-0.39, 0.29) is 12.5 Å². The van der Waals surface area contributed by atoms with Gasteiger partial charge in [0.25, 0.3) is 0 Å². The molecule has 0 rings (SSSR count). The highest BCUT2D eigenvalue weighted by Crippen LogP contribution is 2.14. The molecule has 0 aromatic heterocycles. The van der Waals surface area contributed by atoms with Gasteiger partial charge in [-0.15, -0.1) is 0 Å². The quantitative estimate of drug-likeness (QED) is 0.0535. The molecule has 0 aliphatic heterocycles. The van der Waals surface area contributed by atoms with Crippen molar-refractivity contribution in [3.8, 4) is 0 Å². The smallest absolute Gasteiger partial charge is 0.220 e. The highest BCUT2D eigenvalue weighted by atomic mass is 16.3. The van der Waals surface area contributed by atoms with Gasteiger partial charge in [-0.25, -0.2) is 0 Å². The highest BCUT2D eigenvalue weighted by Gasteiger charge is 2.19. The second kappa shape index (κ2) is 33.6. The van der Waals surface area contributed by atoms with Gasteiger partial charge in [0.05, 0.1) is 18.8 Å². The number of rotatable bonds is 33. The van der Waals surface area contributed by atoms with Gasteiger partial charge >= 0.3 is 0 Å². The van der Waals surface area contributed by atoms with E-state index < -0.39 is 12.1 Å². The summed E-state index contributed by atoms with van der Waals surface area (Å²) < 4.78 is 0. The number of carbonyl (C=O) groups excluding carboxylic acids is 1. The summed E-state index contributed by atoms with van der Waals surface area (Å²) in [6, 6.07) is -0.529. The van der Waals surface area contributed by atoms with Crippen molar-refractivity contribution in [3.63, 3.8) is 0 Å². The second-order valence-corrected chi connectivity index (χ2v) is 12.6. The second-order valence-electron chi connectivity index (χ2n) is 12.6. The van der Waals surface area contributed by atoms with Crippen molar-refractivity contribution in [1.82, 2.24) is 5.32 Å². The monoisotopic (exact) mass is 580 g/mol. The van der Waals surface area contributed by atoms with Gasteiger partial charge in [-0.05, 0) is 38.5 Å². The zero-order chi connectivity index (χ0) is 30.1. The summed E-state index contributed by atoms with van der Waals surface area (Å²) in [4.78, 5) is 12.2. The maximum Gasteiger partial charge on any atom is 0.220 e. The first-order chi connectivity index (χ1) is 20.2. The number of nitrogens with one attached hydrogen (secondary N) is 1. The van der Waals surface area contributed by atoms with Crippen molar-refractivity contribution in [3.05, 3.63) is 12.2 Å². The van der Waals surface area contributed by atoms with Crippen LogP contribution >= 0.6 is 0 Å². The summed E-state index contributed by atoms with van der Waals surface area (Å²) >= 11 is 0. The Balaban J connectivity index is 3.43. The van der Waals surface area contributed by atoms with Crippen LogP contribution in [0.5, 0.6) is 0 Å². The molecule has 0 fully saturated rings. The molecule has 244 valence electrons. The van der Waals surface area contributed by atoms with Crippen LogP contribution in [0, 0.1) is 0 Å². The van der Waals surface area contributed by atoms with Crippen LogP contribution in [-0.4, -0.2) is 34.9 Å². The molecular formula is C37H73NO3. The fourth-order valence-corrected chi connectivity index (χ4v) is 5.65. The minimum absolute atomic E-state index is 0.0370. The summed E-state index contributed by atoms with van der Waals surface area (Å²) in [6.45, 7) is 4.30. The van der Waals surface area contributed by atoms with E-state index >= 15 is 0 Å². The Morgan fingerprint density at radius 2 is 0.927 bits per heavy atom. The lowest BCUT2D eigenvalue weighted by Crippen LogP contribution is -2.45. The van der Waals surface area contributed by atoms with Gasteiger partial charge < -0.3 is 15.5 Å². The fourth-order valence-electron chi connectivity index (χ4n) is 5.65. The van der Waals surface area contributed by atoms with E-state index in [1.807, 2.05) is 0 Å². The summed E-state index contributed by atoms with van der Waals surface area (Å²) in [5, 5.41) is 22.8. The van der Waals surface area contributed by atoms with Crippen molar-refractivity contribution in [1.29, 1.82) is 0 Å². The number of carbonyl (C=O) groups is 1. The van der Waals surface area contributed by atoms with E-state index in [0.29, 0.717) is 12.8 Å². The lowest BCUT2D eigenvalue weighted by Gasteiger charge is -2.22. The van der Waals surface area contributed by atoms with Crippen molar-refractivity contribution < 1.29 is 15.0 Å². The molecule has 0 aliphatic carbocycles. The van der Waals surface area contributed by atoms with Gasteiger partial charge in [-0.3, -0.25) is 4.79 Å². The lowest BCUT2D eigenvalue weighted by atomic mass is 10.0. The molecule has 4 heteroatoms. The van der Waals surface area contributed by atoms with Crippen LogP contribution in [0.15, 0.2) is 12.2 Å². The number of aliphatic hydroxyl groups is 2. The van der Waals surface area contributed by atoms with Gasteiger partial charge in [0.1, 0.15) is 0 Å². The molecule has 0 saturated carbocycles. The zero-order valence-electron chi connectivity index (χ0n) is 27.8. The normalized spacial score (nSPS) is 13.2.